The van der Waals surface area contributed by atoms with E-state index in [1.54, 1.807) is 48.5 Å². The Balaban J connectivity index is 1.69. The first-order valence-corrected chi connectivity index (χ1v) is 9.15. The number of halogens is 1. The number of para-hydroxylation sites is 1. The highest BCUT2D eigenvalue weighted by Crippen LogP contribution is 2.22. The average Bonchev–Trinajstić information content (AvgIpc) is 2.68. The van der Waals surface area contributed by atoms with Crippen LogP contribution in [0.25, 0.3) is 10.9 Å². The zero-order valence-electron chi connectivity index (χ0n) is 15.4. The monoisotopic (exact) mass is 398 g/mol. The number of ether oxygens (including phenoxy) is 2. The van der Waals surface area contributed by atoms with Crippen molar-refractivity contribution in [2.45, 2.75) is 20.0 Å². The number of esters is 1. The van der Waals surface area contributed by atoms with E-state index in [0.29, 0.717) is 28.9 Å². The van der Waals surface area contributed by atoms with E-state index in [1.807, 2.05) is 6.92 Å². The molecule has 0 aliphatic heterocycles. The van der Waals surface area contributed by atoms with Gasteiger partial charge < -0.3 is 14.8 Å². The number of anilines is 1. The summed E-state index contributed by atoms with van der Waals surface area (Å²) < 4.78 is 10.7. The number of hydrogen-bond donors (Lipinski definition) is 1. The second-order valence-electron chi connectivity index (χ2n) is 6.00. The highest BCUT2D eigenvalue weighted by atomic mass is 35.5. The Bertz CT molecular complexity index is 1000. The zero-order chi connectivity index (χ0) is 20.1. The van der Waals surface area contributed by atoms with Crippen LogP contribution in [0.5, 0.6) is 5.75 Å². The molecule has 3 aromatic rings. The number of aromatic nitrogens is 1. The van der Waals surface area contributed by atoms with E-state index in [2.05, 4.69) is 10.3 Å². The first-order chi connectivity index (χ1) is 13.5. The van der Waals surface area contributed by atoms with Crippen LogP contribution in [0.3, 0.4) is 0 Å². The van der Waals surface area contributed by atoms with Crippen molar-refractivity contribution >= 4 is 40.1 Å². The van der Waals surface area contributed by atoms with Gasteiger partial charge in [0.1, 0.15) is 10.9 Å². The molecule has 0 unspecified atom stereocenters. The van der Waals surface area contributed by atoms with Crippen LogP contribution in [-0.2, 0) is 9.53 Å². The van der Waals surface area contributed by atoms with Crippen molar-refractivity contribution in [1.29, 1.82) is 0 Å². The maximum Gasteiger partial charge on any atom is 0.339 e. The van der Waals surface area contributed by atoms with Gasteiger partial charge >= 0.3 is 5.97 Å². The molecule has 0 radical (unpaired) electrons. The molecule has 7 heteroatoms. The van der Waals surface area contributed by atoms with E-state index >= 15 is 0 Å². The molecule has 1 amide bonds. The Labute approximate surface area is 167 Å². The van der Waals surface area contributed by atoms with Crippen molar-refractivity contribution in [3.8, 4) is 5.75 Å². The minimum absolute atomic E-state index is 0.178. The summed E-state index contributed by atoms with van der Waals surface area (Å²) >= 11 is 6.00. The van der Waals surface area contributed by atoms with Crippen LogP contribution in [0.1, 0.15) is 24.2 Å². The molecule has 1 atom stereocenters. The highest BCUT2D eigenvalue weighted by molar-refractivity contribution is 6.30. The largest absolute Gasteiger partial charge is 0.494 e. The molecule has 0 aliphatic carbocycles. The van der Waals surface area contributed by atoms with Gasteiger partial charge in [-0.05, 0) is 50.2 Å². The summed E-state index contributed by atoms with van der Waals surface area (Å²) in [7, 11) is 0. The second-order valence-corrected chi connectivity index (χ2v) is 6.39. The fraction of sp³-hybridized carbons (Fsp3) is 0.190. The van der Waals surface area contributed by atoms with Gasteiger partial charge in [-0.25, -0.2) is 9.78 Å². The maximum absolute atomic E-state index is 12.6. The van der Waals surface area contributed by atoms with Crippen LogP contribution in [0.4, 0.5) is 5.69 Å². The van der Waals surface area contributed by atoms with Crippen LogP contribution in [0.15, 0.2) is 54.6 Å². The first kappa shape index (κ1) is 19.6. The molecule has 144 valence electrons. The molecule has 0 aliphatic rings. The lowest BCUT2D eigenvalue weighted by atomic mass is 10.1. The van der Waals surface area contributed by atoms with Gasteiger partial charge in [-0.15, -0.1) is 0 Å². The van der Waals surface area contributed by atoms with Crippen LogP contribution in [0.2, 0.25) is 5.15 Å². The third-order valence-electron chi connectivity index (χ3n) is 3.99. The smallest absolute Gasteiger partial charge is 0.339 e. The number of nitrogens with one attached hydrogen (secondary N) is 1. The first-order valence-electron chi connectivity index (χ1n) is 8.78. The van der Waals surface area contributed by atoms with Gasteiger partial charge in [-0.1, -0.05) is 29.8 Å². The molecule has 6 nitrogen and oxygen atoms in total. The number of amides is 1. The fourth-order valence-electron chi connectivity index (χ4n) is 2.63. The predicted octanol–water partition coefficient (Wildman–Crippen LogP) is 4.47. The summed E-state index contributed by atoms with van der Waals surface area (Å²) in [5.74, 6) is -0.377. The number of carbonyl (C=O) groups is 2. The lowest BCUT2D eigenvalue weighted by Crippen LogP contribution is -2.30. The quantitative estimate of drug-likeness (QED) is 0.489. The highest BCUT2D eigenvalue weighted by Gasteiger charge is 2.21. The number of nitrogens with zero attached hydrogens (tertiary/aromatic N) is 1. The summed E-state index contributed by atoms with van der Waals surface area (Å²) in [5, 5.41) is 3.49. The summed E-state index contributed by atoms with van der Waals surface area (Å²) in [4.78, 5) is 29.1. The lowest BCUT2D eigenvalue weighted by Gasteiger charge is -2.15. The van der Waals surface area contributed by atoms with Gasteiger partial charge in [-0.2, -0.15) is 0 Å². The summed E-state index contributed by atoms with van der Waals surface area (Å²) in [6, 6.07) is 15.5. The number of rotatable bonds is 6. The number of pyridine rings is 1. The van der Waals surface area contributed by atoms with E-state index in [-0.39, 0.29) is 10.7 Å². The topological polar surface area (TPSA) is 77.5 Å². The van der Waals surface area contributed by atoms with Crippen molar-refractivity contribution < 1.29 is 19.1 Å². The summed E-state index contributed by atoms with van der Waals surface area (Å²) in [5.41, 5.74) is 1.42. The number of hydrogen-bond acceptors (Lipinski definition) is 5. The average molecular weight is 399 g/mol. The second kappa shape index (κ2) is 8.71. The van der Waals surface area contributed by atoms with Gasteiger partial charge in [0, 0.05) is 11.1 Å². The van der Waals surface area contributed by atoms with Crippen LogP contribution >= 0.6 is 11.6 Å². The van der Waals surface area contributed by atoms with Crippen molar-refractivity contribution in [2.24, 2.45) is 0 Å². The molecule has 0 saturated carbocycles. The van der Waals surface area contributed by atoms with Gasteiger partial charge in [0.25, 0.3) is 5.91 Å². The third-order valence-corrected chi connectivity index (χ3v) is 4.18. The van der Waals surface area contributed by atoms with E-state index in [1.165, 1.54) is 13.0 Å². The van der Waals surface area contributed by atoms with Gasteiger partial charge in [0.2, 0.25) is 0 Å². The van der Waals surface area contributed by atoms with E-state index in [9.17, 15) is 9.59 Å². The Hall–Kier alpha value is -3.12. The molecule has 2 aromatic carbocycles. The molecular weight excluding hydrogens is 380 g/mol. The number of benzene rings is 2. The SMILES string of the molecule is CCOc1ccc(NC(=O)[C@H](C)OC(=O)c2cc(Cl)nc3ccccc23)cc1. The molecule has 0 saturated heterocycles. The standard InChI is InChI=1S/C21H19ClN2O4/c1-3-27-15-10-8-14(9-11-15)23-20(25)13(2)28-21(26)17-12-19(22)24-18-7-5-4-6-16(17)18/h4-13H,3H2,1-2H3,(H,23,25)/t13-/m0/s1. The normalized spacial score (nSPS) is 11.7. The van der Waals surface area contributed by atoms with E-state index in [4.69, 9.17) is 21.1 Å². The third kappa shape index (κ3) is 4.58. The molecule has 28 heavy (non-hydrogen) atoms. The minimum atomic E-state index is -0.996. The van der Waals surface area contributed by atoms with Crippen LogP contribution in [0, 0.1) is 0 Å². The van der Waals surface area contributed by atoms with Gasteiger partial charge in [0.05, 0.1) is 17.7 Å². The molecule has 0 bridgehead atoms. The molecule has 0 fully saturated rings. The number of fused-ring (bicyclic) bond motifs is 1. The van der Waals surface area contributed by atoms with Crippen LogP contribution in [-0.4, -0.2) is 29.6 Å². The minimum Gasteiger partial charge on any atom is -0.494 e. The van der Waals surface area contributed by atoms with Gasteiger partial charge in [-0.3, -0.25) is 4.79 Å². The van der Waals surface area contributed by atoms with Crippen molar-refractivity contribution in [1.82, 2.24) is 4.98 Å². The van der Waals surface area contributed by atoms with Crippen molar-refractivity contribution in [2.75, 3.05) is 11.9 Å². The van der Waals surface area contributed by atoms with E-state index < -0.39 is 18.0 Å². The van der Waals surface area contributed by atoms with Crippen molar-refractivity contribution in [3.05, 3.63) is 65.3 Å². The summed E-state index contributed by atoms with van der Waals surface area (Å²) in [6.07, 6.45) is -0.996. The molecule has 1 aromatic heterocycles. The van der Waals surface area contributed by atoms with Gasteiger partial charge in [0.15, 0.2) is 6.10 Å². The van der Waals surface area contributed by atoms with Crippen LogP contribution < -0.4 is 10.1 Å². The Kier molecular flexibility index (Phi) is 6.11. The molecule has 1 N–H and O–H groups in total. The van der Waals surface area contributed by atoms with Crippen molar-refractivity contribution in [3.63, 3.8) is 0 Å². The van der Waals surface area contributed by atoms with E-state index in [0.717, 1.165) is 0 Å². The molecule has 3 rings (SSSR count). The molecule has 0 spiro atoms. The Morgan fingerprint density at radius 2 is 1.86 bits per heavy atom. The Morgan fingerprint density at radius 3 is 2.57 bits per heavy atom. The maximum atomic E-state index is 12.6. The fourth-order valence-corrected chi connectivity index (χ4v) is 2.83. The lowest BCUT2D eigenvalue weighted by molar-refractivity contribution is -0.123. The molecular formula is C21H19ClN2O4. The number of carbonyl (C=O) groups excluding carboxylic acids is 2. The summed E-state index contributed by atoms with van der Waals surface area (Å²) in [6.45, 7) is 3.96. The predicted molar refractivity (Wildman–Crippen MR) is 108 cm³/mol. The Morgan fingerprint density at radius 1 is 1.14 bits per heavy atom. The molecule has 1 heterocycles. The zero-order valence-corrected chi connectivity index (χ0v) is 16.2.